The molecule has 1 aliphatic heterocycles. The molecule has 0 saturated carbocycles. The highest BCUT2D eigenvalue weighted by molar-refractivity contribution is 9.10. The Bertz CT molecular complexity index is 603. The van der Waals surface area contributed by atoms with E-state index in [-0.39, 0.29) is 12.0 Å². The summed E-state index contributed by atoms with van der Waals surface area (Å²) in [6.45, 7) is 1.57. The zero-order chi connectivity index (χ0) is 14.1. The Morgan fingerprint density at radius 3 is 2.90 bits per heavy atom. The first kappa shape index (κ1) is 13.4. The summed E-state index contributed by atoms with van der Waals surface area (Å²) in [5, 5.41) is 8.21. The number of nitrogens with zero attached hydrogens (tertiary/aromatic N) is 6. The number of methoxy groups -OCH3 is 1. The van der Waals surface area contributed by atoms with Crippen LogP contribution in [0, 0.1) is 0 Å². The molecule has 20 heavy (non-hydrogen) atoms. The second-order valence-corrected chi connectivity index (χ2v) is 5.65. The first-order valence-corrected chi connectivity index (χ1v) is 7.08. The van der Waals surface area contributed by atoms with Gasteiger partial charge in [0.15, 0.2) is 0 Å². The monoisotopic (exact) mass is 338 g/mol. The first-order valence-electron chi connectivity index (χ1n) is 6.28. The zero-order valence-corrected chi connectivity index (χ0v) is 12.9. The smallest absolute Gasteiger partial charge is 0.146 e. The molecule has 1 aliphatic rings. The van der Waals surface area contributed by atoms with Crippen molar-refractivity contribution in [1.82, 2.24) is 25.0 Å². The summed E-state index contributed by atoms with van der Waals surface area (Å²) in [5.74, 6) is 1.07. The van der Waals surface area contributed by atoms with Crippen molar-refractivity contribution < 1.29 is 4.74 Å². The van der Waals surface area contributed by atoms with Gasteiger partial charge in [-0.2, -0.15) is 0 Å². The van der Waals surface area contributed by atoms with Gasteiger partial charge in [0.05, 0.1) is 22.2 Å². The molecule has 7 nitrogen and oxygen atoms in total. The van der Waals surface area contributed by atoms with Crippen molar-refractivity contribution in [3.63, 3.8) is 0 Å². The van der Waals surface area contributed by atoms with E-state index in [0.717, 1.165) is 29.1 Å². The van der Waals surface area contributed by atoms with E-state index in [4.69, 9.17) is 4.74 Å². The van der Waals surface area contributed by atoms with Crippen molar-refractivity contribution in [3.8, 4) is 0 Å². The van der Waals surface area contributed by atoms with E-state index >= 15 is 0 Å². The molecule has 0 amide bonds. The molecular weight excluding hydrogens is 324 g/mol. The number of anilines is 1. The lowest BCUT2D eigenvalue weighted by molar-refractivity contribution is 0.105. The molecule has 3 heterocycles. The highest BCUT2D eigenvalue weighted by atomic mass is 79.9. The molecule has 0 bridgehead atoms. The Morgan fingerprint density at radius 2 is 2.25 bits per heavy atom. The van der Waals surface area contributed by atoms with Crippen LogP contribution in [-0.4, -0.2) is 51.3 Å². The Labute approximate surface area is 125 Å². The number of halogens is 1. The topological polar surface area (TPSA) is 69.0 Å². The molecule has 0 aromatic carbocycles. The molecule has 0 aliphatic carbocycles. The number of hydrogen-bond acceptors (Lipinski definition) is 6. The molecule has 1 saturated heterocycles. The molecule has 3 rings (SSSR count). The number of aromatic nitrogens is 5. The largest absolute Gasteiger partial charge is 0.379 e. The van der Waals surface area contributed by atoms with E-state index in [1.165, 1.54) is 0 Å². The average molecular weight is 339 g/mol. The maximum absolute atomic E-state index is 5.60. The van der Waals surface area contributed by atoms with Gasteiger partial charge in [-0.05, 0) is 15.9 Å². The Hall–Kier alpha value is -1.54. The number of hydrogen-bond donors (Lipinski definition) is 0. The Balaban J connectivity index is 1.86. The summed E-state index contributed by atoms with van der Waals surface area (Å²) in [6.07, 6.45) is 5.32. The van der Waals surface area contributed by atoms with E-state index in [0.29, 0.717) is 0 Å². The van der Waals surface area contributed by atoms with Crippen LogP contribution >= 0.6 is 15.9 Å². The fraction of sp³-hybridized carbons (Fsp3) is 0.500. The van der Waals surface area contributed by atoms with Crippen molar-refractivity contribution in [2.75, 3.05) is 25.1 Å². The number of rotatable bonds is 3. The third kappa shape index (κ3) is 2.40. The van der Waals surface area contributed by atoms with Gasteiger partial charge in [-0.1, -0.05) is 5.21 Å². The van der Waals surface area contributed by atoms with E-state index < -0.39 is 0 Å². The van der Waals surface area contributed by atoms with Crippen LogP contribution in [0.2, 0.25) is 0 Å². The van der Waals surface area contributed by atoms with Crippen LogP contribution < -0.4 is 4.90 Å². The molecule has 0 radical (unpaired) electrons. The van der Waals surface area contributed by atoms with Gasteiger partial charge in [0.2, 0.25) is 0 Å². The van der Waals surface area contributed by atoms with Crippen molar-refractivity contribution in [3.05, 3.63) is 28.9 Å². The minimum absolute atomic E-state index is 0.0774. The number of ether oxygens (including phenoxy) is 1. The minimum Gasteiger partial charge on any atom is -0.379 e. The van der Waals surface area contributed by atoms with E-state index in [1.54, 1.807) is 24.3 Å². The van der Waals surface area contributed by atoms with Crippen LogP contribution in [0.3, 0.4) is 0 Å². The third-order valence-corrected chi connectivity index (χ3v) is 4.08. The van der Waals surface area contributed by atoms with Gasteiger partial charge in [0.1, 0.15) is 12.1 Å². The van der Waals surface area contributed by atoms with Crippen molar-refractivity contribution in [2.24, 2.45) is 7.05 Å². The third-order valence-electron chi connectivity index (χ3n) is 3.52. The molecule has 2 atom stereocenters. The van der Waals surface area contributed by atoms with Crippen LogP contribution in [-0.2, 0) is 11.8 Å². The maximum atomic E-state index is 5.60. The van der Waals surface area contributed by atoms with Gasteiger partial charge in [0, 0.05) is 39.6 Å². The Kier molecular flexibility index (Phi) is 3.66. The normalized spacial score (nSPS) is 22.4. The zero-order valence-electron chi connectivity index (χ0n) is 11.3. The molecule has 8 heteroatoms. The van der Waals surface area contributed by atoms with Crippen LogP contribution in [0.5, 0.6) is 0 Å². The van der Waals surface area contributed by atoms with Crippen LogP contribution in [0.25, 0.3) is 0 Å². The van der Waals surface area contributed by atoms with Crippen LogP contribution in [0.4, 0.5) is 5.82 Å². The second-order valence-electron chi connectivity index (χ2n) is 4.80. The molecule has 0 unspecified atom stereocenters. The molecule has 2 aromatic rings. The quantitative estimate of drug-likeness (QED) is 0.831. The average Bonchev–Trinajstić information content (AvgIpc) is 3.05. The van der Waals surface area contributed by atoms with Gasteiger partial charge in [-0.3, -0.25) is 4.68 Å². The predicted molar refractivity (Wildman–Crippen MR) is 76.5 cm³/mol. The maximum Gasteiger partial charge on any atom is 0.146 e. The summed E-state index contributed by atoms with van der Waals surface area (Å²) in [5.41, 5.74) is 0.951. The van der Waals surface area contributed by atoms with Gasteiger partial charge >= 0.3 is 0 Å². The van der Waals surface area contributed by atoms with Gasteiger partial charge < -0.3 is 9.64 Å². The summed E-state index contributed by atoms with van der Waals surface area (Å²) in [4.78, 5) is 10.5. The lowest BCUT2D eigenvalue weighted by Crippen LogP contribution is -2.23. The summed E-state index contributed by atoms with van der Waals surface area (Å²) in [6, 6.07) is 0. The molecule has 106 valence electrons. The van der Waals surface area contributed by atoms with E-state index in [9.17, 15) is 0 Å². The van der Waals surface area contributed by atoms with Crippen molar-refractivity contribution in [1.29, 1.82) is 0 Å². The van der Waals surface area contributed by atoms with Gasteiger partial charge in [-0.25, -0.2) is 9.97 Å². The minimum atomic E-state index is 0.0774. The van der Waals surface area contributed by atoms with E-state index in [1.807, 2.05) is 13.2 Å². The standard InChI is InChI=1S/C12H15BrN6O/c1-18-5-10(16-17-18)8-4-19(6-11(8)20-2)12-9(13)3-14-7-15-12/h3,5,7-8,11H,4,6H2,1-2H3/t8-,11+/m0/s1. The van der Waals surface area contributed by atoms with Crippen LogP contribution in [0.15, 0.2) is 23.2 Å². The van der Waals surface area contributed by atoms with Gasteiger partial charge in [-0.15, -0.1) is 5.10 Å². The molecule has 2 aromatic heterocycles. The van der Waals surface area contributed by atoms with Crippen LogP contribution in [0.1, 0.15) is 11.6 Å². The second kappa shape index (κ2) is 5.45. The summed E-state index contributed by atoms with van der Waals surface area (Å²) in [7, 11) is 3.60. The number of aryl methyl sites for hydroxylation is 1. The molecular formula is C12H15BrN6O. The molecule has 1 fully saturated rings. The SMILES string of the molecule is CO[C@@H]1CN(c2ncncc2Br)C[C@H]1c1cn(C)nn1. The predicted octanol–water partition coefficient (Wildman–Crippen LogP) is 0.986. The summed E-state index contributed by atoms with van der Waals surface area (Å²) >= 11 is 3.49. The highest BCUT2D eigenvalue weighted by Crippen LogP contribution is 2.33. The lowest BCUT2D eigenvalue weighted by atomic mass is 10.0. The molecule has 0 spiro atoms. The first-order chi connectivity index (χ1) is 9.69. The highest BCUT2D eigenvalue weighted by Gasteiger charge is 2.37. The fourth-order valence-corrected chi connectivity index (χ4v) is 3.02. The van der Waals surface area contributed by atoms with E-state index in [2.05, 4.69) is 41.1 Å². The van der Waals surface area contributed by atoms with Gasteiger partial charge in [0.25, 0.3) is 0 Å². The Morgan fingerprint density at radius 1 is 1.40 bits per heavy atom. The molecule has 0 N–H and O–H groups in total. The lowest BCUT2D eigenvalue weighted by Gasteiger charge is -2.17. The fourth-order valence-electron chi connectivity index (χ4n) is 2.54. The summed E-state index contributed by atoms with van der Waals surface area (Å²) < 4.78 is 8.20. The van der Waals surface area contributed by atoms with Crippen molar-refractivity contribution in [2.45, 2.75) is 12.0 Å². The van der Waals surface area contributed by atoms with Crippen molar-refractivity contribution >= 4 is 21.7 Å².